The van der Waals surface area contributed by atoms with Crippen LogP contribution in [0, 0.1) is 11.7 Å². The van der Waals surface area contributed by atoms with Gasteiger partial charge < -0.3 is 20.1 Å². The van der Waals surface area contributed by atoms with E-state index >= 15 is 0 Å². The second kappa shape index (κ2) is 10.2. The summed E-state index contributed by atoms with van der Waals surface area (Å²) < 4.78 is 24.5. The Bertz CT molecular complexity index is 592. The van der Waals surface area contributed by atoms with Crippen LogP contribution in [0.4, 0.5) is 4.39 Å². The summed E-state index contributed by atoms with van der Waals surface area (Å²) >= 11 is 0. The number of ether oxygens (including phenoxy) is 2. The van der Waals surface area contributed by atoms with Crippen LogP contribution in [0.25, 0.3) is 0 Å². The van der Waals surface area contributed by atoms with Gasteiger partial charge in [0.05, 0.1) is 6.61 Å². The molecule has 1 aliphatic heterocycles. The standard InChI is InChI=1S/C18H26FN3O2.HI/c1-20-18(21-9-13-5-3-2-4-6-13)22-10-14-7-16(19)8-15-11-23-12-24-17(14)15;/h7-8,13H,2-6,9-12H2,1H3,(H2,20,21,22);1H. The highest BCUT2D eigenvalue weighted by molar-refractivity contribution is 14.0. The smallest absolute Gasteiger partial charge is 0.191 e. The number of rotatable bonds is 4. The molecule has 25 heavy (non-hydrogen) atoms. The molecule has 0 amide bonds. The van der Waals surface area contributed by atoms with Crippen molar-refractivity contribution in [3.63, 3.8) is 0 Å². The lowest BCUT2D eigenvalue weighted by molar-refractivity contribution is -0.0172. The maximum absolute atomic E-state index is 13.8. The molecule has 0 bridgehead atoms. The third-order valence-corrected chi connectivity index (χ3v) is 4.70. The van der Waals surface area contributed by atoms with Gasteiger partial charge in [0.15, 0.2) is 12.8 Å². The molecule has 5 nitrogen and oxygen atoms in total. The Kier molecular flexibility index (Phi) is 8.21. The average Bonchev–Trinajstić information content (AvgIpc) is 2.62. The monoisotopic (exact) mass is 463 g/mol. The van der Waals surface area contributed by atoms with Crippen LogP contribution in [0.2, 0.25) is 0 Å². The zero-order valence-corrected chi connectivity index (χ0v) is 17.0. The molecule has 7 heteroatoms. The van der Waals surface area contributed by atoms with Gasteiger partial charge in [0, 0.05) is 31.3 Å². The Balaban J connectivity index is 0.00000225. The molecule has 2 N–H and O–H groups in total. The molecule has 1 heterocycles. The number of nitrogens with zero attached hydrogens (tertiary/aromatic N) is 1. The molecule has 2 aliphatic rings. The van der Waals surface area contributed by atoms with Crippen LogP contribution >= 0.6 is 24.0 Å². The first kappa shape index (κ1) is 20.2. The fourth-order valence-corrected chi connectivity index (χ4v) is 3.42. The van der Waals surface area contributed by atoms with Crippen molar-refractivity contribution in [3.8, 4) is 5.75 Å². The molecule has 1 saturated carbocycles. The van der Waals surface area contributed by atoms with Crippen molar-refractivity contribution >= 4 is 29.9 Å². The number of hydrogen-bond donors (Lipinski definition) is 2. The molecule has 0 aromatic heterocycles. The molecular weight excluding hydrogens is 436 g/mol. The summed E-state index contributed by atoms with van der Waals surface area (Å²) in [5, 5.41) is 6.64. The Labute approximate surface area is 165 Å². The van der Waals surface area contributed by atoms with E-state index in [-0.39, 0.29) is 36.6 Å². The van der Waals surface area contributed by atoms with E-state index in [1.165, 1.54) is 44.2 Å². The Morgan fingerprint density at radius 3 is 2.80 bits per heavy atom. The van der Waals surface area contributed by atoms with Crippen molar-refractivity contribution in [1.29, 1.82) is 0 Å². The quantitative estimate of drug-likeness (QED) is 0.408. The lowest BCUT2D eigenvalue weighted by Gasteiger charge is -2.24. The Morgan fingerprint density at radius 2 is 2.04 bits per heavy atom. The SMILES string of the molecule is CN=C(NCc1cc(F)cc2c1OCOC2)NCC1CCCCC1.I. The first-order valence-electron chi connectivity index (χ1n) is 8.72. The van der Waals surface area contributed by atoms with Crippen LogP contribution in [0.3, 0.4) is 0 Å². The minimum Gasteiger partial charge on any atom is -0.467 e. The van der Waals surface area contributed by atoms with Crippen LogP contribution in [-0.4, -0.2) is 26.3 Å². The van der Waals surface area contributed by atoms with Gasteiger partial charge >= 0.3 is 0 Å². The van der Waals surface area contributed by atoms with E-state index in [4.69, 9.17) is 9.47 Å². The molecule has 0 spiro atoms. The van der Waals surface area contributed by atoms with E-state index in [1.807, 2.05) is 0 Å². The Morgan fingerprint density at radius 1 is 1.24 bits per heavy atom. The van der Waals surface area contributed by atoms with Crippen molar-refractivity contribution in [3.05, 3.63) is 29.1 Å². The van der Waals surface area contributed by atoms with Gasteiger partial charge in [-0.1, -0.05) is 19.3 Å². The first-order chi connectivity index (χ1) is 11.8. The van der Waals surface area contributed by atoms with Crippen LogP contribution in [0.15, 0.2) is 17.1 Å². The highest BCUT2D eigenvalue weighted by Crippen LogP contribution is 2.29. The van der Waals surface area contributed by atoms with Gasteiger partial charge in [0.1, 0.15) is 11.6 Å². The molecule has 1 aromatic carbocycles. The number of halogens is 2. The average molecular weight is 463 g/mol. The maximum atomic E-state index is 13.8. The zero-order valence-electron chi connectivity index (χ0n) is 14.6. The normalized spacial score (nSPS) is 17.9. The number of fused-ring (bicyclic) bond motifs is 1. The van der Waals surface area contributed by atoms with Crippen molar-refractivity contribution < 1.29 is 13.9 Å². The Hall–Kier alpha value is -1.09. The van der Waals surface area contributed by atoms with Gasteiger partial charge in [-0.05, 0) is 30.9 Å². The molecule has 0 unspecified atom stereocenters. The number of aliphatic imine (C=N–C) groups is 1. The summed E-state index contributed by atoms with van der Waals surface area (Å²) in [5.74, 6) is 1.91. The first-order valence-corrected chi connectivity index (χ1v) is 8.72. The molecule has 140 valence electrons. The largest absolute Gasteiger partial charge is 0.467 e. The number of nitrogens with one attached hydrogen (secondary N) is 2. The van der Waals surface area contributed by atoms with Crippen molar-refractivity contribution in [2.24, 2.45) is 10.9 Å². The molecule has 0 atom stereocenters. The van der Waals surface area contributed by atoms with Gasteiger partial charge in [0.25, 0.3) is 0 Å². The van der Waals surface area contributed by atoms with Crippen molar-refractivity contribution in [1.82, 2.24) is 10.6 Å². The number of hydrogen-bond acceptors (Lipinski definition) is 3. The fourth-order valence-electron chi connectivity index (χ4n) is 3.42. The van der Waals surface area contributed by atoms with Crippen molar-refractivity contribution in [2.75, 3.05) is 20.4 Å². The van der Waals surface area contributed by atoms with E-state index in [1.54, 1.807) is 7.05 Å². The minimum absolute atomic E-state index is 0. The van der Waals surface area contributed by atoms with Gasteiger partial charge in [0.2, 0.25) is 0 Å². The predicted octanol–water partition coefficient (Wildman–Crippen LogP) is 3.56. The second-order valence-corrected chi connectivity index (χ2v) is 6.47. The van der Waals surface area contributed by atoms with E-state index in [9.17, 15) is 4.39 Å². The molecule has 0 radical (unpaired) electrons. The van der Waals surface area contributed by atoms with Gasteiger partial charge in [-0.25, -0.2) is 4.39 Å². The lowest BCUT2D eigenvalue weighted by atomic mass is 9.89. The van der Waals surface area contributed by atoms with Gasteiger partial charge in [-0.15, -0.1) is 24.0 Å². The van der Waals surface area contributed by atoms with Crippen molar-refractivity contribution in [2.45, 2.75) is 45.3 Å². The number of guanidine groups is 1. The topological polar surface area (TPSA) is 54.9 Å². The third-order valence-electron chi connectivity index (χ3n) is 4.70. The molecule has 1 aromatic rings. The highest BCUT2D eigenvalue weighted by Gasteiger charge is 2.17. The molecule has 1 fully saturated rings. The summed E-state index contributed by atoms with van der Waals surface area (Å²) in [7, 11) is 1.75. The minimum atomic E-state index is -0.273. The number of benzene rings is 1. The second-order valence-electron chi connectivity index (χ2n) is 6.47. The maximum Gasteiger partial charge on any atom is 0.191 e. The highest BCUT2D eigenvalue weighted by atomic mass is 127. The van der Waals surface area contributed by atoms with Crippen LogP contribution in [-0.2, 0) is 17.9 Å². The van der Waals surface area contributed by atoms with Crippen LogP contribution in [0.1, 0.15) is 43.2 Å². The summed E-state index contributed by atoms with van der Waals surface area (Å²) in [6.07, 6.45) is 6.59. The molecular formula is C18H27FIN3O2. The summed E-state index contributed by atoms with van der Waals surface area (Å²) in [5.41, 5.74) is 1.54. The molecule has 0 saturated heterocycles. The summed E-state index contributed by atoms with van der Waals surface area (Å²) in [4.78, 5) is 4.26. The van der Waals surface area contributed by atoms with E-state index in [2.05, 4.69) is 15.6 Å². The van der Waals surface area contributed by atoms with E-state index in [0.29, 0.717) is 13.2 Å². The van der Waals surface area contributed by atoms with Crippen LogP contribution < -0.4 is 15.4 Å². The molecule has 3 rings (SSSR count). The zero-order chi connectivity index (χ0) is 16.8. The third kappa shape index (κ3) is 5.70. The van der Waals surface area contributed by atoms with E-state index in [0.717, 1.165) is 35.3 Å². The van der Waals surface area contributed by atoms with Crippen LogP contribution in [0.5, 0.6) is 5.75 Å². The predicted molar refractivity (Wildman–Crippen MR) is 107 cm³/mol. The lowest BCUT2D eigenvalue weighted by Crippen LogP contribution is -2.39. The summed E-state index contributed by atoms with van der Waals surface area (Å²) in [6.45, 7) is 1.99. The summed E-state index contributed by atoms with van der Waals surface area (Å²) in [6, 6.07) is 2.97. The van der Waals surface area contributed by atoms with Gasteiger partial charge in [-0.3, -0.25) is 4.99 Å². The fraction of sp³-hybridized carbons (Fsp3) is 0.611. The van der Waals surface area contributed by atoms with E-state index < -0.39 is 0 Å². The molecule has 1 aliphatic carbocycles. The van der Waals surface area contributed by atoms with Gasteiger partial charge in [-0.2, -0.15) is 0 Å².